The van der Waals surface area contributed by atoms with Gasteiger partial charge in [-0.1, -0.05) is 78.9 Å². The lowest BCUT2D eigenvalue weighted by Crippen LogP contribution is -2.43. The predicted octanol–water partition coefficient (Wildman–Crippen LogP) is 4.80. The van der Waals surface area contributed by atoms with Crippen molar-refractivity contribution >= 4 is 12.1 Å². The molecule has 6 nitrogen and oxygen atoms in total. The van der Waals surface area contributed by atoms with Crippen molar-refractivity contribution in [1.29, 1.82) is 0 Å². The highest BCUT2D eigenvalue weighted by Gasteiger charge is 2.39. The Bertz CT molecular complexity index is 1300. The van der Waals surface area contributed by atoms with E-state index in [1.807, 2.05) is 12.1 Å². The van der Waals surface area contributed by atoms with E-state index in [0.717, 1.165) is 0 Å². The van der Waals surface area contributed by atoms with Crippen molar-refractivity contribution < 1.29 is 23.8 Å². The number of benzene rings is 4. The topological polar surface area (TPSA) is 80.2 Å². The molecule has 0 aromatic heterocycles. The van der Waals surface area contributed by atoms with E-state index in [2.05, 4.69) is 10.5 Å². The van der Waals surface area contributed by atoms with Crippen LogP contribution in [0.1, 0.15) is 22.3 Å². The molecule has 2 N–H and O–H groups in total. The monoisotopic (exact) mass is 484 g/mol. The molecule has 1 amide bonds. The van der Waals surface area contributed by atoms with Gasteiger partial charge in [0.25, 0.3) is 5.91 Å². The number of hydrogen-bond donors (Lipinski definition) is 2. The number of hydrazone groups is 1. The standard InChI is InChI=1S/C29H25FN2O4/c1-35-27-18-21(16-17-26(27)36-20-22-10-8-9-15-25(22)30)19-31-32-28(33)29(34,23-11-4-2-5-12-23)24-13-6-3-7-14-24/h2-19,34H,20H2,1H3,(H,32,33)/b31-19-. The molecular formula is C29H25FN2O4. The molecule has 182 valence electrons. The molecule has 0 heterocycles. The molecule has 0 unspecified atom stereocenters. The summed E-state index contributed by atoms with van der Waals surface area (Å²) in [6.45, 7) is 0.0457. The number of carbonyl (C=O) groups excluding carboxylic acids is 1. The van der Waals surface area contributed by atoms with E-state index < -0.39 is 11.5 Å². The van der Waals surface area contributed by atoms with Gasteiger partial charge in [-0.05, 0) is 41.0 Å². The van der Waals surface area contributed by atoms with Gasteiger partial charge in [0.2, 0.25) is 0 Å². The Labute approximate surface area is 208 Å². The lowest BCUT2D eigenvalue weighted by molar-refractivity contribution is -0.136. The zero-order valence-corrected chi connectivity index (χ0v) is 19.6. The molecule has 0 bridgehead atoms. The first-order chi connectivity index (χ1) is 17.5. The van der Waals surface area contributed by atoms with Crippen molar-refractivity contribution in [3.8, 4) is 11.5 Å². The first-order valence-electron chi connectivity index (χ1n) is 11.2. The highest BCUT2D eigenvalue weighted by Crippen LogP contribution is 2.30. The smallest absolute Gasteiger partial charge is 0.281 e. The first kappa shape index (κ1) is 24.6. The minimum atomic E-state index is -1.93. The van der Waals surface area contributed by atoms with Crippen molar-refractivity contribution in [2.24, 2.45) is 5.10 Å². The Balaban J connectivity index is 1.49. The summed E-state index contributed by atoms with van der Waals surface area (Å²) in [5.41, 5.74) is 2.40. The third-order valence-corrected chi connectivity index (χ3v) is 5.62. The van der Waals surface area contributed by atoms with Crippen LogP contribution in [0.4, 0.5) is 4.39 Å². The lowest BCUT2D eigenvalue weighted by Gasteiger charge is -2.27. The zero-order chi connectivity index (χ0) is 25.4. The van der Waals surface area contributed by atoms with Crippen molar-refractivity contribution in [1.82, 2.24) is 5.43 Å². The average molecular weight is 485 g/mol. The van der Waals surface area contributed by atoms with Gasteiger partial charge in [-0.3, -0.25) is 4.79 Å². The van der Waals surface area contributed by atoms with E-state index in [1.165, 1.54) is 19.4 Å². The summed E-state index contributed by atoms with van der Waals surface area (Å²) in [6, 6.07) is 28.8. The SMILES string of the molecule is COc1cc(/C=N\NC(=O)C(O)(c2ccccc2)c2ccccc2)ccc1OCc1ccccc1F. The third-order valence-electron chi connectivity index (χ3n) is 5.62. The summed E-state index contributed by atoms with van der Waals surface area (Å²) in [5.74, 6) is -0.189. The van der Waals surface area contributed by atoms with Crippen LogP contribution in [0.2, 0.25) is 0 Å². The van der Waals surface area contributed by atoms with Crippen LogP contribution in [-0.2, 0) is 17.0 Å². The van der Waals surface area contributed by atoms with Gasteiger partial charge in [0.05, 0.1) is 13.3 Å². The summed E-state index contributed by atoms with van der Waals surface area (Å²) < 4.78 is 25.0. The molecule has 4 aromatic carbocycles. The van der Waals surface area contributed by atoms with Crippen LogP contribution in [0.25, 0.3) is 0 Å². The molecule has 0 radical (unpaired) electrons. The van der Waals surface area contributed by atoms with Gasteiger partial charge in [0, 0.05) is 5.56 Å². The molecule has 0 aliphatic heterocycles. The number of methoxy groups -OCH3 is 1. The van der Waals surface area contributed by atoms with Crippen molar-refractivity contribution in [2.45, 2.75) is 12.2 Å². The molecule has 4 aromatic rings. The number of rotatable bonds is 9. The highest BCUT2D eigenvalue weighted by atomic mass is 19.1. The first-order valence-corrected chi connectivity index (χ1v) is 11.2. The molecular weight excluding hydrogens is 459 g/mol. The number of nitrogens with one attached hydrogen (secondary N) is 1. The van der Waals surface area contributed by atoms with Gasteiger partial charge >= 0.3 is 0 Å². The Kier molecular flexibility index (Phi) is 7.72. The van der Waals surface area contributed by atoms with Crippen LogP contribution < -0.4 is 14.9 Å². The van der Waals surface area contributed by atoms with E-state index in [-0.39, 0.29) is 12.4 Å². The number of ether oxygens (including phenoxy) is 2. The Morgan fingerprint density at radius 2 is 1.53 bits per heavy atom. The normalized spacial score (nSPS) is 11.3. The van der Waals surface area contributed by atoms with Crippen molar-refractivity contribution in [3.63, 3.8) is 0 Å². The van der Waals surface area contributed by atoms with Crippen LogP contribution in [0, 0.1) is 5.82 Å². The number of amides is 1. The van der Waals surface area contributed by atoms with Crippen LogP contribution in [0.3, 0.4) is 0 Å². The maximum Gasteiger partial charge on any atom is 0.281 e. The third kappa shape index (κ3) is 5.42. The van der Waals surface area contributed by atoms with Gasteiger partial charge < -0.3 is 14.6 Å². The molecule has 7 heteroatoms. The quantitative estimate of drug-likeness (QED) is 0.264. The molecule has 4 rings (SSSR count). The molecule has 0 aliphatic rings. The second kappa shape index (κ2) is 11.3. The van der Waals surface area contributed by atoms with Gasteiger partial charge in [0.1, 0.15) is 12.4 Å². The van der Waals surface area contributed by atoms with Crippen LogP contribution in [0.5, 0.6) is 11.5 Å². The number of aliphatic hydroxyl groups is 1. The Hall–Kier alpha value is -4.49. The van der Waals surface area contributed by atoms with Crippen LogP contribution in [0.15, 0.2) is 108 Å². The van der Waals surface area contributed by atoms with E-state index in [0.29, 0.717) is 33.8 Å². The summed E-state index contributed by atoms with van der Waals surface area (Å²) >= 11 is 0. The summed E-state index contributed by atoms with van der Waals surface area (Å²) in [5, 5.41) is 15.5. The van der Waals surface area contributed by atoms with E-state index in [9.17, 15) is 14.3 Å². The van der Waals surface area contributed by atoms with Gasteiger partial charge in [-0.2, -0.15) is 5.10 Å². The number of nitrogens with zero attached hydrogens (tertiary/aromatic N) is 1. The predicted molar refractivity (Wildman–Crippen MR) is 135 cm³/mol. The second-order valence-corrected chi connectivity index (χ2v) is 7.93. The van der Waals surface area contributed by atoms with Crippen LogP contribution >= 0.6 is 0 Å². The average Bonchev–Trinajstić information content (AvgIpc) is 2.93. The maximum atomic E-state index is 13.9. The zero-order valence-electron chi connectivity index (χ0n) is 19.6. The highest BCUT2D eigenvalue weighted by molar-refractivity contribution is 5.91. The largest absolute Gasteiger partial charge is 0.493 e. The van der Waals surface area contributed by atoms with Crippen LogP contribution in [-0.4, -0.2) is 24.3 Å². The summed E-state index contributed by atoms with van der Waals surface area (Å²) in [7, 11) is 1.49. The number of halogens is 1. The van der Waals surface area contributed by atoms with Crippen molar-refractivity contribution in [2.75, 3.05) is 7.11 Å². The minimum absolute atomic E-state index is 0.0457. The van der Waals surface area contributed by atoms with Crippen molar-refractivity contribution in [3.05, 3.63) is 131 Å². The molecule has 0 saturated carbocycles. The molecule has 0 fully saturated rings. The summed E-state index contributed by atoms with van der Waals surface area (Å²) in [4.78, 5) is 13.1. The van der Waals surface area contributed by atoms with Gasteiger partial charge in [-0.25, -0.2) is 9.82 Å². The fourth-order valence-electron chi connectivity index (χ4n) is 3.69. The molecule has 0 spiro atoms. The van der Waals surface area contributed by atoms with Gasteiger partial charge in [0.15, 0.2) is 17.1 Å². The maximum absolute atomic E-state index is 13.9. The molecule has 0 aliphatic carbocycles. The lowest BCUT2D eigenvalue weighted by atomic mass is 9.85. The fourth-order valence-corrected chi connectivity index (χ4v) is 3.69. The number of carbonyl (C=O) groups is 1. The number of hydrogen-bond acceptors (Lipinski definition) is 5. The molecule has 36 heavy (non-hydrogen) atoms. The Morgan fingerprint density at radius 3 is 2.14 bits per heavy atom. The minimum Gasteiger partial charge on any atom is -0.493 e. The van der Waals surface area contributed by atoms with E-state index in [1.54, 1.807) is 84.9 Å². The summed E-state index contributed by atoms with van der Waals surface area (Å²) in [6.07, 6.45) is 1.43. The molecule has 0 saturated heterocycles. The molecule has 0 atom stereocenters. The Morgan fingerprint density at radius 1 is 0.917 bits per heavy atom. The van der Waals surface area contributed by atoms with Gasteiger partial charge in [-0.15, -0.1) is 0 Å². The second-order valence-electron chi connectivity index (χ2n) is 7.93. The van der Waals surface area contributed by atoms with E-state index in [4.69, 9.17) is 9.47 Å². The van der Waals surface area contributed by atoms with E-state index >= 15 is 0 Å². The fraction of sp³-hybridized carbons (Fsp3) is 0.103.